The number of anilines is 1. The molecule has 0 aliphatic rings. The van der Waals surface area contributed by atoms with Crippen LogP contribution < -0.4 is 10.6 Å². The van der Waals surface area contributed by atoms with Crippen LogP contribution in [0.2, 0.25) is 0 Å². The van der Waals surface area contributed by atoms with Crippen LogP contribution in [-0.2, 0) is 17.3 Å². The number of nitrogens with one attached hydrogen (secondary N) is 2. The number of phenolic OH excluding ortho intramolecular Hbond substituents is 1. The monoisotopic (exact) mass is 450 g/mol. The van der Waals surface area contributed by atoms with Gasteiger partial charge < -0.3 is 15.7 Å². The standard InChI is InChI=1S/C22H15F5N2O3/c23-17-7-3-13(20(31)29-14-4-8-18(24)19(25)10-14)9-16(17)22(26,27)21(32)28-11-12-1-5-15(30)6-2-12/h1-10,30H,11H2,(H,28,32)(H,29,31). The quantitative estimate of drug-likeness (QED) is 0.485. The number of phenols is 1. The number of halogens is 5. The summed E-state index contributed by atoms with van der Waals surface area (Å²) < 4.78 is 69.6. The predicted molar refractivity (Wildman–Crippen MR) is 105 cm³/mol. The second-order valence-corrected chi connectivity index (χ2v) is 6.70. The van der Waals surface area contributed by atoms with E-state index >= 15 is 0 Å². The highest BCUT2D eigenvalue weighted by Gasteiger charge is 2.43. The van der Waals surface area contributed by atoms with Crippen LogP contribution in [0.25, 0.3) is 0 Å². The zero-order valence-corrected chi connectivity index (χ0v) is 16.1. The normalized spacial score (nSPS) is 11.2. The number of hydrogen-bond donors (Lipinski definition) is 3. The van der Waals surface area contributed by atoms with Gasteiger partial charge in [-0.25, -0.2) is 13.2 Å². The highest BCUT2D eigenvalue weighted by Crippen LogP contribution is 2.31. The maximum absolute atomic E-state index is 14.6. The molecule has 2 amide bonds. The van der Waals surface area contributed by atoms with Crippen LogP contribution >= 0.6 is 0 Å². The van der Waals surface area contributed by atoms with Crippen molar-refractivity contribution in [3.8, 4) is 5.75 Å². The molecule has 3 aromatic carbocycles. The third-order valence-electron chi connectivity index (χ3n) is 4.42. The molecule has 0 aromatic heterocycles. The molecule has 3 aromatic rings. The molecule has 0 unspecified atom stereocenters. The Morgan fingerprint density at radius 1 is 0.844 bits per heavy atom. The van der Waals surface area contributed by atoms with Gasteiger partial charge in [0, 0.05) is 23.9 Å². The van der Waals surface area contributed by atoms with Crippen molar-refractivity contribution in [2.24, 2.45) is 0 Å². The molecule has 5 nitrogen and oxygen atoms in total. The summed E-state index contributed by atoms with van der Waals surface area (Å²) in [6.45, 7) is -0.313. The van der Waals surface area contributed by atoms with Crippen molar-refractivity contribution in [3.05, 3.63) is 94.8 Å². The topological polar surface area (TPSA) is 78.4 Å². The number of rotatable bonds is 6. The SMILES string of the molecule is O=C(Nc1ccc(F)c(F)c1)c1ccc(F)c(C(F)(F)C(=O)NCc2ccc(O)cc2)c1. The van der Waals surface area contributed by atoms with Crippen LogP contribution in [0.1, 0.15) is 21.5 Å². The first-order valence-electron chi connectivity index (χ1n) is 9.08. The van der Waals surface area contributed by atoms with Gasteiger partial charge in [0.15, 0.2) is 11.6 Å². The molecule has 0 radical (unpaired) electrons. The van der Waals surface area contributed by atoms with Crippen molar-refractivity contribution in [2.45, 2.75) is 12.5 Å². The maximum atomic E-state index is 14.6. The van der Waals surface area contributed by atoms with E-state index < -0.39 is 46.3 Å². The highest BCUT2D eigenvalue weighted by molar-refractivity contribution is 6.04. The van der Waals surface area contributed by atoms with Crippen molar-refractivity contribution in [2.75, 3.05) is 5.32 Å². The maximum Gasteiger partial charge on any atom is 0.352 e. The van der Waals surface area contributed by atoms with Crippen molar-refractivity contribution in [3.63, 3.8) is 0 Å². The summed E-state index contributed by atoms with van der Waals surface area (Å²) in [6, 6.07) is 9.89. The Morgan fingerprint density at radius 3 is 2.16 bits per heavy atom. The van der Waals surface area contributed by atoms with Gasteiger partial charge >= 0.3 is 5.92 Å². The fourth-order valence-electron chi connectivity index (χ4n) is 2.71. The summed E-state index contributed by atoms with van der Waals surface area (Å²) in [4.78, 5) is 24.3. The smallest absolute Gasteiger partial charge is 0.352 e. The van der Waals surface area contributed by atoms with Crippen LogP contribution in [0, 0.1) is 17.5 Å². The van der Waals surface area contributed by atoms with Crippen LogP contribution in [0.4, 0.5) is 27.6 Å². The van der Waals surface area contributed by atoms with E-state index in [4.69, 9.17) is 0 Å². The summed E-state index contributed by atoms with van der Waals surface area (Å²) in [5.41, 5.74) is -1.51. The lowest BCUT2D eigenvalue weighted by molar-refractivity contribution is -0.147. The Labute approximate surface area is 178 Å². The number of alkyl halides is 2. The lowest BCUT2D eigenvalue weighted by atomic mass is 10.0. The van der Waals surface area contributed by atoms with Crippen LogP contribution in [0.15, 0.2) is 60.7 Å². The van der Waals surface area contributed by atoms with Crippen LogP contribution in [0.3, 0.4) is 0 Å². The number of benzene rings is 3. The van der Waals surface area contributed by atoms with Crippen LogP contribution in [0.5, 0.6) is 5.75 Å². The Bertz CT molecular complexity index is 1170. The molecule has 0 heterocycles. The molecule has 0 saturated heterocycles. The minimum atomic E-state index is -4.32. The largest absolute Gasteiger partial charge is 0.508 e. The van der Waals surface area contributed by atoms with Gasteiger partial charge in [-0.3, -0.25) is 9.59 Å². The fraction of sp³-hybridized carbons (Fsp3) is 0.0909. The van der Waals surface area contributed by atoms with Crippen molar-refractivity contribution >= 4 is 17.5 Å². The Balaban J connectivity index is 1.77. The van der Waals surface area contributed by atoms with Gasteiger partial charge in [0.1, 0.15) is 11.6 Å². The molecule has 0 aliphatic carbocycles. The highest BCUT2D eigenvalue weighted by atomic mass is 19.3. The summed E-state index contributed by atoms with van der Waals surface area (Å²) >= 11 is 0. The number of amides is 2. The minimum absolute atomic E-state index is 0.0501. The average Bonchev–Trinajstić information content (AvgIpc) is 2.75. The van der Waals surface area contributed by atoms with Gasteiger partial charge in [-0.05, 0) is 48.0 Å². The Hall–Kier alpha value is -3.95. The molecule has 0 fully saturated rings. The van der Waals surface area contributed by atoms with E-state index in [0.29, 0.717) is 23.8 Å². The predicted octanol–water partition coefficient (Wildman–Crippen LogP) is 4.47. The number of carbonyl (C=O) groups is 2. The lowest BCUT2D eigenvalue weighted by Crippen LogP contribution is -2.38. The van der Waals surface area contributed by atoms with Gasteiger partial charge in [0.25, 0.3) is 11.8 Å². The molecule has 0 saturated carbocycles. The molecule has 32 heavy (non-hydrogen) atoms. The number of hydrogen-bond acceptors (Lipinski definition) is 3. The second kappa shape index (κ2) is 9.04. The fourth-order valence-corrected chi connectivity index (χ4v) is 2.71. The van der Waals surface area contributed by atoms with E-state index in [1.54, 1.807) is 0 Å². The summed E-state index contributed by atoms with van der Waals surface area (Å²) in [7, 11) is 0. The molecule has 0 atom stereocenters. The average molecular weight is 450 g/mol. The third-order valence-corrected chi connectivity index (χ3v) is 4.42. The molecular formula is C22H15F5N2O3. The van der Waals surface area contributed by atoms with Crippen molar-refractivity contribution in [1.82, 2.24) is 5.32 Å². The van der Waals surface area contributed by atoms with Gasteiger partial charge in [-0.1, -0.05) is 12.1 Å². The van der Waals surface area contributed by atoms with E-state index in [-0.39, 0.29) is 18.0 Å². The van der Waals surface area contributed by atoms with Crippen LogP contribution in [-0.4, -0.2) is 16.9 Å². The zero-order chi connectivity index (χ0) is 23.5. The second-order valence-electron chi connectivity index (χ2n) is 6.70. The Kier molecular flexibility index (Phi) is 6.42. The molecule has 0 spiro atoms. The van der Waals surface area contributed by atoms with E-state index in [2.05, 4.69) is 5.32 Å². The van der Waals surface area contributed by atoms with E-state index in [1.807, 2.05) is 5.32 Å². The first-order chi connectivity index (χ1) is 15.1. The van der Waals surface area contributed by atoms with E-state index in [0.717, 1.165) is 18.2 Å². The van der Waals surface area contributed by atoms with Gasteiger partial charge in [0.2, 0.25) is 0 Å². The molecule has 0 aliphatic heterocycles. The summed E-state index contributed by atoms with van der Waals surface area (Å²) in [5, 5.41) is 13.4. The molecule has 166 valence electrons. The summed E-state index contributed by atoms with van der Waals surface area (Å²) in [5.74, 6) is -11.0. The third kappa shape index (κ3) is 5.02. The number of aromatic hydroxyl groups is 1. The van der Waals surface area contributed by atoms with Crippen molar-refractivity contribution < 1.29 is 36.6 Å². The zero-order valence-electron chi connectivity index (χ0n) is 16.1. The van der Waals surface area contributed by atoms with E-state index in [9.17, 15) is 36.6 Å². The van der Waals surface area contributed by atoms with Gasteiger partial charge in [-0.15, -0.1) is 0 Å². The molecule has 3 rings (SSSR count). The minimum Gasteiger partial charge on any atom is -0.508 e. The number of carbonyl (C=O) groups excluding carboxylic acids is 2. The summed E-state index contributed by atoms with van der Waals surface area (Å²) in [6.07, 6.45) is 0. The van der Waals surface area contributed by atoms with Crippen molar-refractivity contribution in [1.29, 1.82) is 0 Å². The molecule has 10 heteroatoms. The van der Waals surface area contributed by atoms with Gasteiger partial charge in [-0.2, -0.15) is 8.78 Å². The molecular weight excluding hydrogens is 435 g/mol. The van der Waals surface area contributed by atoms with E-state index in [1.165, 1.54) is 24.3 Å². The Morgan fingerprint density at radius 2 is 1.50 bits per heavy atom. The van der Waals surface area contributed by atoms with Gasteiger partial charge in [0.05, 0.1) is 5.56 Å². The first kappa shape index (κ1) is 22.7. The first-order valence-corrected chi connectivity index (χ1v) is 9.08. The molecule has 3 N–H and O–H groups in total. The lowest BCUT2D eigenvalue weighted by Gasteiger charge is -2.18. The molecule has 0 bridgehead atoms.